The van der Waals surface area contributed by atoms with Crippen LogP contribution in [0.2, 0.25) is 0 Å². The average molecular weight is 601 g/mol. The highest BCUT2D eigenvalue weighted by Gasteiger charge is 2.33. The zero-order chi connectivity index (χ0) is 32.1. The lowest BCUT2D eigenvalue weighted by Gasteiger charge is -2.21. The lowest BCUT2D eigenvalue weighted by Crippen LogP contribution is -2.30. The minimum atomic E-state index is 0.235. The molecule has 0 N–H and O–H groups in total. The van der Waals surface area contributed by atoms with Crippen LogP contribution >= 0.6 is 0 Å². The molecule has 7 rings (SSSR count). The molecule has 226 valence electrons. The summed E-state index contributed by atoms with van der Waals surface area (Å²) < 4.78 is 10.4. The van der Waals surface area contributed by atoms with Gasteiger partial charge in [0.15, 0.2) is 11.0 Å². The number of fused-ring (bicyclic) bond motifs is 2. The van der Waals surface area contributed by atoms with Gasteiger partial charge >= 0.3 is 0 Å². The third-order valence-corrected chi connectivity index (χ3v) is 9.25. The molecule has 2 aromatic heterocycles. The van der Waals surface area contributed by atoms with E-state index in [2.05, 4.69) is 142 Å². The van der Waals surface area contributed by atoms with Gasteiger partial charge in [-0.1, -0.05) is 88.4 Å². The second kappa shape index (κ2) is 11.5. The zero-order valence-corrected chi connectivity index (χ0v) is 27.3. The molecule has 0 saturated heterocycles. The summed E-state index contributed by atoms with van der Waals surface area (Å²) in [6.07, 6.45) is 1.75. The molecular weight excluding hydrogens is 562 g/mol. The second-order valence-corrected chi connectivity index (χ2v) is 12.9. The first-order valence-electron chi connectivity index (χ1n) is 16.0. The molecule has 0 radical (unpaired) electrons. The van der Waals surface area contributed by atoms with Crippen molar-refractivity contribution in [1.29, 1.82) is 5.26 Å². The molecule has 0 spiro atoms. The first-order chi connectivity index (χ1) is 22.3. The highest BCUT2D eigenvalue weighted by atomic mass is 16.3. The molecule has 0 fully saturated rings. The number of hydrogen-bond donors (Lipinski definition) is 0. The first-order valence-corrected chi connectivity index (χ1v) is 16.0. The Morgan fingerprint density at radius 1 is 0.717 bits per heavy atom. The molecule has 2 heterocycles. The fraction of sp³-hybridized carbons (Fsp3) is 0.190. The third-order valence-electron chi connectivity index (χ3n) is 9.25. The van der Waals surface area contributed by atoms with Crippen molar-refractivity contribution in [3.05, 3.63) is 132 Å². The van der Waals surface area contributed by atoms with Gasteiger partial charge in [0, 0.05) is 16.5 Å². The fourth-order valence-electron chi connectivity index (χ4n) is 6.84. The van der Waals surface area contributed by atoms with E-state index < -0.39 is 0 Å². The minimum Gasteiger partial charge on any atom is -0.464 e. The van der Waals surface area contributed by atoms with Crippen molar-refractivity contribution >= 4 is 22.0 Å². The SMILES string of the molecule is Cc1cc2occc2cc1-c1n(-c2c(C(C)C)cc(-c3ccc(-c4ccccc4)cc3)cc2C(C)C)c2c(C#N)cccc2[n+]1C. The smallest absolute Gasteiger partial charge is 0.295 e. The number of aromatic nitrogens is 2. The number of benzene rings is 5. The predicted octanol–water partition coefficient (Wildman–Crippen LogP) is 10.6. The summed E-state index contributed by atoms with van der Waals surface area (Å²) >= 11 is 0. The maximum absolute atomic E-state index is 10.4. The van der Waals surface area contributed by atoms with E-state index in [9.17, 15) is 5.26 Å². The van der Waals surface area contributed by atoms with E-state index in [1.807, 2.05) is 18.2 Å². The van der Waals surface area contributed by atoms with Gasteiger partial charge in [-0.05, 0) is 89.0 Å². The number of rotatable bonds is 6. The van der Waals surface area contributed by atoms with Gasteiger partial charge in [0.2, 0.25) is 0 Å². The lowest BCUT2D eigenvalue weighted by molar-refractivity contribution is -0.633. The number of imidazole rings is 1. The Hall–Kier alpha value is -5.40. The van der Waals surface area contributed by atoms with Crippen LogP contribution in [0.15, 0.2) is 114 Å². The van der Waals surface area contributed by atoms with Crippen LogP contribution in [0.25, 0.3) is 61.3 Å². The molecule has 0 unspecified atom stereocenters. The maximum atomic E-state index is 10.4. The summed E-state index contributed by atoms with van der Waals surface area (Å²) in [4.78, 5) is 0. The normalized spacial score (nSPS) is 11.6. The molecule has 0 aliphatic carbocycles. The summed E-state index contributed by atoms with van der Waals surface area (Å²) in [5, 5.41) is 11.5. The largest absolute Gasteiger partial charge is 0.464 e. The Morgan fingerprint density at radius 3 is 1.98 bits per heavy atom. The van der Waals surface area contributed by atoms with E-state index in [0.717, 1.165) is 44.6 Å². The van der Waals surface area contributed by atoms with Crippen LogP contribution in [0.5, 0.6) is 0 Å². The molecule has 46 heavy (non-hydrogen) atoms. The van der Waals surface area contributed by atoms with Crippen molar-refractivity contribution in [1.82, 2.24) is 4.57 Å². The van der Waals surface area contributed by atoms with Crippen LogP contribution in [-0.4, -0.2) is 4.57 Å². The Balaban J connectivity index is 1.54. The van der Waals surface area contributed by atoms with Crippen molar-refractivity contribution in [3.63, 3.8) is 0 Å². The van der Waals surface area contributed by atoms with E-state index in [1.54, 1.807) is 6.26 Å². The summed E-state index contributed by atoms with van der Waals surface area (Å²) in [7, 11) is 2.11. The maximum Gasteiger partial charge on any atom is 0.295 e. The average Bonchev–Trinajstić information content (AvgIpc) is 3.65. The number of nitriles is 1. The van der Waals surface area contributed by atoms with Crippen molar-refractivity contribution in [3.8, 4) is 45.4 Å². The zero-order valence-electron chi connectivity index (χ0n) is 27.3. The number of aryl methyl sites for hydroxylation is 2. The van der Waals surface area contributed by atoms with Crippen LogP contribution in [0.1, 0.15) is 61.8 Å². The predicted molar refractivity (Wildman–Crippen MR) is 188 cm³/mol. The summed E-state index contributed by atoms with van der Waals surface area (Å²) in [6.45, 7) is 11.2. The van der Waals surface area contributed by atoms with Gasteiger partial charge in [0.1, 0.15) is 22.9 Å². The first kappa shape index (κ1) is 29.3. The second-order valence-electron chi connectivity index (χ2n) is 12.9. The topological polar surface area (TPSA) is 45.7 Å². The van der Waals surface area contributed by atoms with E-state index in [0.29, 0.717) is 5.56 Å². The summed E-state index contributed by atoms with van der Waals surface area (Å²) in [5.41, 5.74) is 14.2. The van der Waals surface area contributed by atoms with Crippen LogP contribution in [-0.2, 0) is 7.05 Å². The molecule has 0 aliphatic rings. The molecule has 4 heteroatoms. The highest BCUT2D eigenvalue weighted by molar-refractivity contribution is 5.89. The molecule has 0 amide bonds. The standard InChI is InChI=1S/C42H38N3O/c1-26(2)35-23-34(31-17-15-30(16-18-31)29-11-8-7-9-12-29)24-36(27(3)4)41(35)45-40-33(25-43)13-10-14-38(40)44(6)42(45)37-22-32-19-20-46-39(32)21-28(37)5/h7-24,26-27H,1-6H3/q+1. The third kappa shape index (κ3) is 4.80. The molecule has 7 aromatic rings. The molecule has 0 aliphatic heterocycles. The van der Waals surface area contributed by atoms with E-state index in [1.165, 1.54) is 33.4 Å². The molecule has 0 saturated carbocycles. The quantitative estimate of drug-likeness (QED) is 0.178. The fourth-order valence-corrected chi connectivity index (χ4v) is 6.84. The van der Waals surface area contributed by atoms with Crippen molar-refractivity contribution in [2.45, 2.75) is 46.5 Å². The molecule has 4 nitrogen and oxygen atoms in total. The van der Waals surface area contributed by atoms with Crippen LogP contribution < -0.4 is 4.57 Å². The monoisotopic (exact) mass is 600 g/mol. The number of hydrogen-bond acceptors (Lipinski definition) is 2. The summed E-state index contributed by atoms with van der Waals surface area (Å²) in [5.74, 6) is 1.51. The van der Waals surface area contributed by atoms with Crippen molar-refractivity contribution < 1.29 is 8.98 Å². The van der Waals surface area contributed by atoms with E-state index in [4.69, 9.17) is 4.42 Å². The van der Waals surface area contributed by atoms with Gasteiger partial charge in [-0.25, -0.2) is 4.57 Å². The van der Waals surface area contributed by atoms with Crippen LogP contribution in [0.4, 0.5) is 0 Å². The molecule has 0 atom stereocenters. The van der Waals surface area contributed by atoms with Crippen molar-refractivity contribution in [2.75, 3.05) is 0 Å². The summed E-state index contributed by atoms with van der Waals surface area (Å²) in [6, 6.07) is 39.0. The van der Waals surface area contributed by atoms with E-state index in [-0.39, 0.29) is 11.8 Å². The molecule has 0 bridgehead atoms. The van der Waals surface area contributed by atoms with Gasteiger partial charge in [-0.15, -0.1) is 0 Å². The Labute approximate surface area is 270 Å². The Bertz CT molecular complexity index is 2250. The van der Waals surface area contributed by atoms with Crippen LogP contribution in [0, 0.1) is 18.3 Å². The minimum absolute atomic E-state index is 0.235. The number of para-hydroxylation sites is 1. The van der Waals surface area contributed by atoms with Gasteiger partial charge < -0.3 is 4.42 Å². The van der Waals surface area contributed by atoms with Gasteiger partial charge in [0.05, 0.1) is 18.9 Å². The number of nitrogens with zero attached hydrogens (tertiary/aromatic N) is 3. The van der Waals surface area contributed by atoms with Gasteiger partial charge in [0.25, 0.3) is 5.82 Å². The van der Waals surface area contributed by atoms with Gasteiger partial charge in [-0.2, -0.15) is 9.83 Å². The Morgan fingerprint density at radius 2 is 1.35 bits per heavy atom. The van der Waals surface area contributed by atoms with Gasteiger partial charge in [-0.3, -0.25) is 0 Å². The molecule has 5 aromatic carbocycles. The lowest BCUT2D eigenvalue weighted by atomic mass is 9.87. The molecular formula is C42H38N3O+. The number of furan rings is 1. The van der Waals surface area contributed by atoms with Crippen LogP contribution in [0.3, 0.4) is 0 Å². The Kier molecular flexibility index (Phi) is 7.34. The van der Waals surface area contributed by atoms with E-state index >= 15 is 0 Å². The van der Waals surface area contributed by atoms with Crippen molar-refractivity contribution in [2.24, 2.45) is 7.05 Å². The highest BCUT2D eigenvalue weighted by Crippen LogP contribution is 2.41.